The summed E-state index contributed by atoms with van der Waals surface area (Å²) in [5.41, 5.74) is 4.86. The number of benzene rings is 2. The Morgan fingerprint density at radius 1 is 0.933 bits per heavy atom. The third-order valence-electron chi connectivity index (χ3n) is 5.55. The lowest BCUT2D eigenvalue weighted by Crippen LogP contribution is -2.46. The second-order valence-electron chi connectivity index (χ2n) is 7.77. The highest BCUT2D eigenvalue weighted by atomic mass is 15.3. The van der Waals surface area contributed by atoms with E-state index in [2.05, 4.69) is 88.6 Å². The zero-order valence-electron chi connectivity index (χ0n) is 17.8. The largest absolute Gasteiger partial charge is 0.340 e. The molecule has 1 aliphatic heterocycles. The highest BCUT2D eigenvalue weighted by Crippen LogP contribution is 2.20. The molecule has 0 atom stereocenters. The van der Waals surface area contributed by atoms with Gasteiger partial charge in [0.15, 0.2) is 0 Å². The molecule has 0 aliphatic carbocycles. The normalized spacial score (nSPS) is 14.9. The summed E-state index contributed by atoms with van der Waals surface area (Å²) < 4.78 is 0. The number of anilines is 3. The Bertz CT molecular complexity index is 991. The zero-order valence-corrected chi connectivity index (χ0v) is 17.8. The Kier molecular flexibility index (Phi) is 6.40. The molecule has 4 rings (SSSR count). The van der Waals surface area contributed by atoms with E-state index < -0.39 is 0 Å². The van der Waals surface area contributed by atoms with Crippen molar-refractivity contribution in [2.75, 3.05) is 42.9 Å². The number of aryl methyl sites for hydroxylation is 2. The van der Waals surface area contributed by atoms with E-state index in [0.717, 1.165) is 50.2 Å². The van der Waals surface area contributed by atoms with Crippen molar-refractivity contribution in [2.45, 2.75) is 13.8 Å². The average Bonchev–Trinajstić information content (AvgIpc) is 2.78. The van der Waals surface area contributed by atoms with Crippen LogP contribution in [0.4, 0.5) is 17.5 Å². The Balaban J connectivity index is 1.31. The van der Waals surface area contributed by atoms with Crippen molar-refractivity contribution in [1.29, 1.82) is 0 Å². The number of nitrogens with one attached hydrogen (secondary N) is 1. The van der Waals surface area contributed by atoms with Gasteiger partial charge in [-0.1, -0.05) is 48.6 Å². The van der Waals surface area contributed by atoms with Gasteiger partial charge in [0.2, 0.25) is 5.95 Å². The number of aromatic nitrogens is 2. The van der Waals surface area contributed by atoms with Crippen LogP contribution < -0.4 is 10.2 Å². The fraction of sp³-hybridized carbons (Fsp3) is 0.280. The summed E-state index contributed by atoms with van der Waals surface area (Å²) >= 11 is 0. The minimum absolute atomic E-state index is 0.795. The first-order valence-corrected chi connectivity index (χ1v) is 10.5. The molecule has 5 nitrogen and oxygen atoms in total. The maximum absolute atomic E-state index is 4.74. The first-order chi connectivity index (χ1) is 14.7. The number of rotatable bonds is 6. The van der Waals surface area contributed by atoms with Gasteiger partial charge >= 0.3 is 0 Å². The molecule has 1 N–H and O–H groups in total. The number of piperazine rings is 1. The van der Waals surface area contributed by atoms with Crippen molar-refractivity contribution in [2.24, 2.45) is 0 Å². The summed E-state index contributed by atoms with van der Waals surface area (Å²) in [7, 11) is 0. The van der Waals surface area contributed by atoms with Gasteiger partial charge in [-0.05, 0) is 48.7 Å². The molecule has 0 radical (unpaired) electrons. The Morgan fingerprint density at radius 3 is 2.50 bits per heavy atom. The van der Waals surface area contributed by atoms with Gasteiger partial charge in [0.1, 0.15) is 5.82 Å². The summed E-state index contributed by atoms with van der Waals surface area (Å²) in [4.78, 5) is 14.0. The molecule has 1 aliphatic rings. The highest BCUT2D eigenvalue weighted by molar-refractivity contribution is 5.58. The predicted octanol–water partition coefficient (Wildman–Crippen LogP) is 4.67. The third kappa shape index (κ3) is 5.24. The molecule has 0 unspecified atom stereocenters. The molecular weight excluding hydrogens is 370 g/mol. The molecule has 3 aromatic rings. The lowest BCUT2D eigenvalue weighted by molar-refractivity contribution is 0.283. The van der Waals surface area contributed by atoms with Crippen molar-refractivity contribution < 1.29 is 0 Å². The molecule has 1 aromatic heterocycles. The van der Waals surface area contributed by atoms with E-state index in [9.17, 15) is 0 Å². The molecule has 0 saturated carbocycles. The van der Waals surface area contributed by atoms with E-state index in [1.807, 2.05) is 18.3 Å². The van der Waals surface area contributed by atoms with Crippen LogP contribution in [-0.2, 0) is 0 Å². The monoisotopic (exact) mass is 399 g/mol. The smallest absolute Gasteiger partial charge is 0.227 e. The maximum atomic E-state index is 4.74. The first-order valence-electron chi connectivity index (χ1n) is 10.5. The predicted molar refractivity (Wildman–Crippen MR) is 125 cm³/mol. The molecule has 0 spiro atoms. The van der Waals surface area contributed by atoms with E-state index in [4.69, 9.17) is 4.98 Å². The molecule has 2 aromatic carbocycles. The molecule has 0 bridgehead atoms. The van der Waals surface area contributed by atoms with Crippen molar-refractivity contribution in [3.63, 3.8) is 0 Å². The number of hydrogen-bond donors (Lipinski definition) is 1. The molecule has 30 heavy (non-hydrogen) atoms. The van der Waals surface area contributed by atoms with Gasteiger partial charge in [0.05, 0.1) is 0 Å². The van der Waals surface area contributed by atoms with Crippen LogP contribution in [0.1, 0.15) is 16.7 Å². The van der Waals surface area contributed by atoms with Gasteiger partial charge < -0.3 is 10.2 Å². The highest BCUT2D eigenvalue weighted by Gasteiger charge is 2.18. The van der Waals surface area contributed by atoms with Crippen LogP contribution in [0.3, 0.4) is 0 Å². The van der Waals surface area contributed by atoms with E-state index in [0.29, 0.717) is 0 Å². The average molecular weight is 400 g/mol. The Labute approximate surface area is 179 Å². The number of hydrogen-bond acceptors (Lipinski definition) is 5. The summed E-state index contributed by atoms with van der Waals surface area (Å²) in [5.74, 6) is 1.62. The van der Waals surface area contributed by atoms with Gasteiger partial charge in [-0.25, -0.2) is 4.98 Å². The van der Waals surface area contributed by atoms with Crippen LogP contribution in [0.5, 0.6) is 0 Å². The second-order valence-corrected chi connectivity index (χ2v) is 7.77. The van der Waals surface area contributed by atoms with Gasteiger partial charge in [-0.3, -0.25) is 4.90 Å². The zero-order chi connectivity index (χ0) is 20.8. The Hall–Kier alpha value is -3.18. The van der Waals surface area contributed by atoms with Crippen LogP contribution in [0.2, 0.25) is 0 Å². The van der Waals surface area contributed by atoms with E-state index in [-0.39, 0.29) is 0 Å². The molecular formula is C25H29N5. The van der Waals surface area contributed by atoms with Crippen LogP contribution in [0.25, 0.3) is 6.08 Å². The van der Waals surface area contributed by atoms with Crippen LogP contribution in [-0.4, -0.2) is 47.6 Å². The first kappa shape index (κ1) is 20.1. The van der Waals surface area contributed by atoms with Gasteiger partial charge in [-0.2, -0.15) is 4.98 Å². The van der Waals surface area contributed by atoms with E-state index >= 15 is 0 Å². The standard InChI is InChI=1S/C25H29N5/c1-20-10-11-23(19-21(20)2)27-24-12-13-26-25(28-24)30-17-15-29(16-18-30)14-6-9-22-7-4-3-5-8-22/h3-13,19H,14-18H2,1-2H3,(H,26,27,28)/b9-6+. The molecule has 1 saturated heterocycles. The topological polar surface area (TPSA) is 44.3 Å². The molecule has 5 heteroatoms. The van der Waals surface area contributed by atoms with Crippen molar-refractivity contribution in [3.05, 3.63) is 83.6 Å². The fourth-order valence-corrected chi connectivity index (χ4v) is 3.57. The lowest BCUT2D eigenvalue weighted by Gasteiger charge is -2.34. The van der Waals surface area contributed by atoms with Gasteiger partial charge in [0, 0.05) is 44.6 Å². The number of nitrogens with zero attached hydrogens (tertiary/aromatic N) is 4. The summed E-state index contributed by atoms with van der Waals surface area (Å²) in [6.07, 6.45) is 6.27. The third-order valence-corrected chi connectivity index (χ3v) is 5.55. The van der Waals surface area contributed by atoms with Crippen LogP contribution >= 0.6 is 0 Å². The summed E-state index contributed by atoms with van der Waals surface area (Å²) in [5, 5.41) is 3.41. The molecule has 2 heterocycles. The van der Waals surface area contributed by atoms with Gasteiger partial charge in [0.25, 0.3) is 0 Å². The second kappa shape index (κ2) is 9.55. The van der Waals surface area contributed by atoms with Crippen LogP contribution in [0, 0.1) is 13.8 Å². The van der Waals surface area contributed by atoms with Gasteiger partial charge in [-0.15, -0.1) is 0 Å². The van der Waals surface area contributed by atoms with Crippen LogP contribution in [0.15, 0.2) is 66.9 Å². The summed E-state index contributed by atoms with van der Waals surface area (Å²) in [6.45, 7) is 9.12. The lowest BCUT2D eigenvalue weighted by atomic mass is 10.1. The molecule has 0 amide bonds. The SMILES string of the molecule is Cc1ccc(Nc2ccnc(N3CCN(C/C=C/c4ccccc4)CC3)n2)cc1C. The van der Waals surface area contributed by atoms with Crippen molar-refractivity contribution in [1.82, 2.24) is 14.9 Å². The van der Waals surface area contributed by atoms with Crippen molar-refractivity contribution >= 4 is 23.5 Å². The quantitative estimate of drug-likeness (QED) is 0.652. The minimum Gasteiger partial charge on any atom is -0.340 e. The fourth-order valence-electron chi connectivity index (χ4n) is 3.57. The molecule has 154 valence electrons. The van der Waals surface area contributed by atoms with E-state index in [1.165, 1.54) is 16.7 Å². The van der Waals surface area contributed by atoms with E-state index in [1.54, 1.807) is 0 Å². The minimum atomic E-state index is 0.795. The summed E-state index contributed by atoms with van der Waals surface area (Å²) in [6, 6.07) is 18.7. The molecule has 1 fully saturated rings. The maximum Gasteiger partial charge on any atom is 0.227 e. The van der Waals surface area contributed by atoms with Crippen molar-refractivity contribution in [3.8, 4) is 0 Å². The Morgan fingerprint density at radius 2 is 1.73 bits per heavy atom.